The van der Waals surface area contributed by atoms with E-state index >= 15 is 0 Å². The molecule has 17 heavy (non-hydrogen) atoms. The van der Waals surface area contributed by atoms with E-state index in [1.807, 2.05) is 6.07 Å². The van der Waals surface area contributed by atoms with Crippen LogP contribution in [-0.2, 0) is 6.42 Å². The van der Waals surface area contributed by atoms with Crippen molar-refractivity contribution in [3.63, 3.8) is 0 Å². The molecular weight excluding hydrogens is 282 g/mol. The largest absolute Gasteiger partial charge is 0.490 e. The van der Waals surface area contributed by atoms with Crippen molar-refractivity contribution in [2.45, 2.75) is 31.7 Å². The number of nitrogens with two attached hydrogens (primary N) is 1. The minimum atomic E-state index is 0.0756. The van der Waals surface area contributed by atoms with Crippen molar-refractivity contribution in [3.05, 3.63) is 21.7 Å². The molecule has 1 aliphatic carbocycles. The van der Waals surface area contributed by atoms with Gasteiger partial charge in [0.15, 0.2) is 11.5 Å². The van der Waals surface area contributed by atoms with Gasteiger partial charge < -0.3 is 15.2 Å². The van der Waals surface area contributed by atoms with E-state index in [1.165, 1.54) is 5.56 Å². The van der Waals surface area contributed by atoms with Crippen molar-refractivity contribution in [2.24, 2.45) is 5.73 Å². The van der Waals surface area contributed by atoms with Crippen LogP contribution in [0.1, 0.15) is 36.4 Å². The maximum atomic E-state index is 6.23. The Hall–Kier alpha value is -0.740. The molecule has 3 rings (SSSR count). The van der Waals surface area contributed by atoms with Gasteiger partial charge in [0, 0.05) is 22.5 Å². The summed E-state index contributed by atoms with van der Waals surface area (Å²) < 4.78 is 12.7. The number of benzene rings is 1. The highest BCUT2D eigenvalue weighted by Gasteiger charge is 2.27. The average Bonchev–Trinajstić information content (AvgIpc) is 2.55. The van der Waals surface area contributed by atoms with Gasteiger partial charge in [-0.2, -0.15) is 0 Å². The van der Waals surface area contributed by atoms with Crippen LogP contribution in [0.2, 0.25) is 0 Å². The molecule has 0 spiro atoms. The molecular formula is C13H16BrNO2. The Balaban J connectivity index is 2.18. The predicted octanol–water partition coefficient (Wildman–Crippen LogP) is 2.95. The van der Waals surface area contributed by atoms with E-state index in [9.17, 15) is 0 Å². The van der Waals surface area contributed by atoms with E-state index in [0.29, 0.717) is 13.2 Å². The Kier molecular flexibility index (Phi) is 3.01. The van der Waals surface area contributed by atoms with Gasteiger partial charge >= 0.3 is 0 Å². The monoisotopic (exact) mass is 297 g/mol. The van der Waals surface area contributed by atoms with E-state index in [-0.39, 0.29) is 6.04 Å². The quantitative estimate of drug-likeness (QED) is 0.801. The third-order valence-corrected chi connectivity index (χ3v) is 4.15. The van der Waals surface area contributed by atoms with Crippen LogP contribution in [0.25, 0.3) is 0 Å². The molecule has 2 aliphatic rings. The summed E-state index contributed by atoms with van der Waals surface area (Å²) in [6.07, 6.45) is 4.17. The van der Waals surface area contributed by atoms with E-state index < -0.39 is 0 Å². The second-order valence-corrected chi connectivity index (χ2v) is 5.48. The SMILES string of the molecule is N[C@H]1CCCc2c(Br)cc3c(c21)OCCCO3. The number of fused-ring (bicyclic) bond motifs is 3. The minimum absolute atomic E-state index is 0.0756. The number of rotatable bonds is 0. The van der Waals surface area contributed by atoms with Crippen molar-refractivity contribution in [1.82, 2.24) is 0 Å². The third-order valence-electron chi connectivity index (χ3n) is 3.44. The highest BCUT2D eigenvalue weighted by Crippen LogP contribution is 2.45. The molecule has 0 bridgehead atoms. The van der Waals surface area contributed by atoms with Crippen LogP contribution in [0.15, 0.2) is 10.5 Å². The Morgan fingerprint density at radius 3 is 2.94 bits per heavy atom. The van der Waals surface area contributed by atoms with Gasteiger partial charge in [-0.05, 0) is 30.9 Å². The summed E-state index contributed by atoms with van der Waals surface area (Å²) >= 11 is 3.62. The zero-order chi connectivity index (χ0) is 11.8. The Bertz CT molecular complexity index is 448. The summed E-state index contributed by atoms with van der Waals surface area (Å²) in [6.45, 7) is 1.43. The molecule has 0 saturated carbocycles. The van der Waals surface area contributed by atoms with Gasteiger partial charge in [-0.1, -0.05) is 15.9 Å². The maximum Gasteiger partial charge on any atom is 0.166 e. The molecule has 1 aliphatic heterocycles. The fraction of sp³-hybridized carbons (Fsp3) is 0.538. The molecule has 1 aromatic rings. The fourth-order valence-corrected chi connectivity index (χ4v) is 3.25. The van der Waals surface area contributed by atoms with E-state index in [0.717, 1.165) is 47.2 Å². The molecule has 1 atom stereocenters. The zero-order valence-corrected chi connectivity index (χ0v) is 11.3. The standard InChI is InChI=1S/C13H16BrNO2/c14-9-7-11-13(17-6-2-5-16-11)12-8(9)3-1-4-10(12)15/h7,10H,1-6,15H2/t10-/m0/s1. The Morgan fingerprint density at radius 1 is 1.24 bits per heavy atom. The van der Waals surface area contributed by atoms with Crippen molar-refractivity contribution < 1.29 is 9.47 Å². The molecule has 1 heterocycles. The lowest BCUT2D eigenvalue weighted by atomic mass is 9.87. The van der Waals surface area contributed by atoms with Crippen LogP contribution >= 0.6 is 15.9 Å². The highest BCUT2D eigenvalue weighted by atomic mass is 79.9. The van der Waals surface area contributed by atoms with Gasteiger partial charge in [0.1, 0.15) is 0 Å². The number of ether oxygens (including phenoxy) is 2. The van der Waals surface area contributed by atoms with Gasteiger partial charge in [-0.3, -0.25) is 0 Å². The van der Waals surface area contributed by atoms with Crippen molar-refractivity contribution in [1.29, 1.82) is 0 Å². The first kappa shape index (κ1) is 11.4. The lowest BCUT2D eigenvalue weighted by Gasteiger charge is -2.26. The van der Waals surface area contributed by atoms with E-state index in [2.05, 4.69) is 15.9 Å². The first-order chi connectivity index (χ1) is 8.27. The van der Waals surface area contributed by atoms with E-state index in [4.69, 9.17) is 15.2 Å². The van der Waals surface area contributed by atoms with Crippen LogP contribution in [0.4, 0.5) is 0 Å². The van der Waals surface area contributed by atoms with Crippen molar-refractivity contribution >= 4 is 15.9 Å². The Morgan fingerprint density at radius 2 is 2.06 bits per heavy atom. The van der Waals surface area contributed by atoms with E-state index in [1.54, 1.807) is 0 Å². The van der Waals surface area contributed by atoms with Crippen molar-refractivity contribution in [2.75, 3.05) is 13.2 Å². The molecule has 92 valence electrons. The summed E-state index contributed by atoms with van der Waals surface area (Å²) in [6, 6.07) is 2.10. The summed E-state index contributed by atoms with van der Waals surface area (Å²) in [7, 11) is 0. The van der Waals surface area contributed by atoms with Gasteiger partial charge in [0.05, 0.1) is 13.2 Å². The third kappa shape index (κ3) is 1.93. The topological polar surface area (TPSA) is 44.5 Å². The lowest BCUT2D eigenvalue weighted by Crippen LogP contribution is -2.19. The zero-order valence-electron chi connectivity index (χ0n) is 9.67. The van der Waals surface area contributed by atoms with Crippen LogP contribution in [0.3, 0.4) is 0 Å². The van der Waals surface area contributed by atoms with Crippen LogP contribution < -0.4 is 15.2 Å². The molecule has 0 fully saturated rings. The van der Waals surface area contributed by atoms with Crippen LogP contribution in [0.5, 0.6) is 11.5 Å². The normalized spacial score (nSPS) is 22.8. The molecule has 0 aromatic heterocycles. The fourth-order valence-electron chi connectivity index (χ4n) is 2.63. The first-order valence-electron chi connectivity index (χ1n) is 6.14. The molecule has 0 amide bonds. The molecule has 1 aromatic carbocycles. The molecule has 2 N–H and O–H groups in total. The van der Waals surface area contributed by atoms with Gasteiger partial charge in [-0.25, -0.2) is 0 Å². The average molecular weight is 298 g/mol. The maximum absolute atomic E-state index is 6.23. The molecule has 0 unspecified atom stereocenters. The molecule has 3 nitrogen and oxygen atoms in total. The second kappa shape index (κ2) is 4.50. The second-order valence-electron chi connectivity index (χ2n) is 4.63. The summed E-state index contributed by atoms with van der Waals surface area (Å²) in [5.74, 6) is 1.72. The lowest BCUT2D eigenvalue weighted by molar-refractivity contribution is 0.295. The van der Waals surface area contributed by atoms with Gasteiger partial charge in [-0.15, -0.1) is 0 Å². The predicted molar refractivity (Wildman–Crippen MR) is 69.6 cm³/mol. The summed E-state index contributed by atoms with van der Waals surface area (Å²) in [4.78, 5) is 0. The van der Waals surface area contributed by atoms with Crippen LogP contribution in [-0.4, -0.2) is 13.2 Å². The number of halogens is 1. The van der Waals surface area contributed by atoms with Crippen molar-refractivity contribution in [3.8, 4) is 11.5 Å². The molecule has 4 heteroatoms. The summed E-state index contributed by atoms with van der Waals surface area (Å²) in [5.41, 5.74) is 8.69. The Labute approximate surface area is 109 Å². The number of hydrogen-bond acceptors (Lipinski definition) is 3. The van der Waals surface area contributed by atoms with Crippen LogP contribution in [0, 0.1) is 0 Å². The number of hydrogen-bond donors (Lipinski definition) is 1. The highest BCUT2D eigenvalue weighted by molar-refractivity contribution is 9.10. The van der Waals surface area contributed by atoms with Gasteiger partial charge in [0.25, 0.3) is 0 Å². The molecule has 0 radical (unpaired) electrons. The smallest absolute Gasteiger partial charge is 0.166 e. The molecule has 0 saturated heterocycles. The van der Waals surface area contributed by atoms with Gasteiger partial charge in [0.2, 0.25) is 0 Å². The minimum Gasteiger partial charge on any atom is -0.490 e. The first-order valence-corrected chi connectivity index (χ1v) is 6.93. The summed E-state index contributed by atoms with van der Waals surface area (Å²) in [5, 5.41) is 0.